The molecule has 5 heterocycles. The average molecular weight is 559 g/mol. The van der Waals surface area contributed by atoms with Gasteiger partial charge in [0.05, 0.1) is 30.7 Å². The Balaban J connectivity index is 1.43. The number of carbonyl (C=O) groups excluding carboxylic acids is 2. The van der Waals surface area contributed by atoms with Gasteiger partial charge in [0.2, 0.25) is 5.91 Å². The van der Waals surface area contributed by atoms with Gasteiger partial charge in [-0.05, 0) is 75.3 Å². The maximum absolute atomic E-state index is 13.8. The lowest BCUT2D eigenvalue weighted by Crippen LogP contribution is -2.53. The molecule has 2 amide bonds. The minimum Gasteiger partial charge on any atom is -0.493 e. The lowest BCUT2D eigenvalue weighted by Gasteiger charge is -2.42. The molecule has 3 N–H and O–H groups in total. The number of carbonyl (C=O) groups is 2. The Hall–Kier alpha value is -3.55. The van der Waals surface area contributed by atoms with Crippen LogP contribution in [0.1, 0.15) is 112 Å². The summed E-state index contributed by atoms with van der Waals surface area (Å²) >= 11 is 0. The van der Waals surface area contributed by atoms with Crippen LogP contribution >= 0.6 is 0 Å². The molecule has 8 heteroatoms. The number of nitrogens with one attached hydrogen (secondary N) is 1. The molecule has 0 saturated heterocycles. The summed E-state index contributed by atoms with van der Waals surface area (Å²) in [7, 11) is 0. The standard InChI is InChI=1S/C33H42N4O4/c1-5-33-17-20(2)7-6-8-21-9-11-28-23(15-21)25(18-32(3,4)41-28)35-30(39)22-10-12-27-24(16-22)26(13-14-40-27)37(29(38)19-33)31(34)36-33/h9-12,15-16,20,25-26H,5-8,13-14,17-19H2,1-4H3,(H2,34,36)(H,35,39)/t20?,25-,26+,33+/m0/s1. The molecule has 8 nitrogen and oxygen atoms in total. The first-order chi connectivity index (χ1) is 19.6. The van der Waals surface area contributed by atoms with Crippen molar-refractivity contribution < 1.29 is 19.1 Å². The number of guanidine groups is 1. The van der Waals surface area contributed by atoms with Gasteiger partial charge in [-0.15, -0.1) is 0 Å². The molecule has 0 aliphatic carbocycles. The van der Waals surface area contributed by atoms with Crippen molar-refractivity contribution >= 4 is 17.8 Å². The third-order valence-corrected chi connectivity index (χ3v) is 9.32. The summed E-state index contributed by atoms with van der Waals surface area (Å²) < 4.78 is 12.3. The van der Waals surface area contributed by atoms with Crippen LogP contribution in [0.15, 0.2) is 41.4 Å². The lowest BCUT2D eigenvalue weighted by atomic mass is 9.80. The van der Waals surface area contributed by atoms with Crippen LogP contribution in [0.2, 0.25) is 0 Å². The zero-order valence-corrected chi connectivity index (χ0v) is 24.7. The van der Waals surface area contributed by atoms with Crippen LogP contribution in [0.5, 0.6) is 11.5 Å². The monoisotopic (exact) mass is 558 g/mol. The van der Waals surface area contributed by atoms with E-state index in [4.69, 9.17) is 20.2 Å². The first-order valence-electron chi connectivity index (χ1n) is 15.1. The zero-order valence-electron chi connectivity index (χ0n) is 24.7. The summed E-state index contributed by atoms with van der Waals surface area (Å²) in [5.41, 5.74) is 9.29. The number of hydrogen-bond acceptors (Lipinski definition) is 6. The van der Waals surface area contributed by atoms with Crippen LogP contribution in [0.3, 0.4) is 0 Å². The molecule has 5 aliphatic heterocycles. The molecule has 2 aromatic carbocycles. The molecule has 4 atom stereocenters. The number of benzene rings is 2. The fourth-order valence-electron chi connectivity index (χ4n) is 7.25. The minimum absolute atomic E-state index is 0.00911. The predicted octanol–water partition coefficient (Wildman–Crippen LogP) is 5.60. The second-order valence-electron chi connectivity index (χ2n) is 13.1. The summed E-state index contributed by atoms with van der Waals surface area (Å²) in [4.78, 5) is 34.2. The smallest absolute Gasteiger partial charge is 0.251 e. The summed E-state index contributed by atoms with van der Waals surface area (Å²) in [6.07, 6.45) is 6.16. The van der Waals surface area contributed by atoms with E-state index >= 15 is 0 Å². The predicted molar refractivity (Wildman–Crippen MR) is 158 cm³/mol. The van der Waals surface area contributed by atoms with Gasteiger partial charge in [-0.1, -0.05) is 32.4 Å². The molecule has 41 heavy (non-hydrogen) atoms. The number of amides is 2. The van der Waals surface area contributed by atoms with Gasteiger partial charge in [0, 0.05) is 29.5 Å². The number of fused-ring (bicyclic) bond motifs is 6. The maximum Gasteiger partial charge on any atom is 0.251 e. The van der Waals surface area contributed by atoms with Crippen molar-refractivity contribution in [1.29, 1.82) is 0 Å². The first kappa shape index (κ1) is 27.6. The van der Waals surface area contributed by atoms with E-state index in [1.54, 1.807) is 11.0 Å². The van der Waals surface area contributed by atoms with E-state index in [2.05, 4.69) is 51.2 Å². The highest BCUT2D eigenvalue weighted by Crippen LogP contribution is 2.43. The van der Waals surface area contributed by atoms with Crippen molar-refractivity contribution in [2.45, 2.75) is 102 Å². The van der Waals surface area contributed by atoms with E-state index in [-0.39, 0.29) is 29.9 Å². The fourth-order valence-corrected chi connectivity index (χ4v) is 7.25. The van der Waals surface area contributed by atoms with Gasteiger partial charge in [0.1, 0.15) is 17.1 Å². The van der Waals surface area contributed by atoms with Gasteiger partial charge in [0.15, 0.2) is 5.96 Å². The van der Waals surface area contributed by atoms with E-state index in [0.717, 1.165) is 49.0 Å². The zero-order chi connectivity index (χ0) is 28.9. The molecule has 218 valence electrons. The Kier molecular flexibility index (Phi) is 6.99. The molecular weight excluding hydrogens is 516 g/mol. The summed E-state index contributed by atoms with van der Waals surface area (Å²) in [5.74, 6) is 1.99. The Morgan fingerprint density at radius 3 is 2.66 bits per heavy atom. The second kappa shape index (κ2) is 10.4. The van der Waals surface area contributed by atoms with Crippen molar-refractivity contribution in [2.24, 2.45) is 16.6 Å². The summed E-state index contributed by atoms with van der Waals surface area (Å²) in [5, 5.41) is 3.30. The van der Waals surface area contributed by atoms with Gasteiger partial charge in [-0.25, -0.2) is 4.99 Å². The first-order valence-corrected chi connectivity index (χ1v) is 15.1. The van der Waals surface area contributed by atoms with Crippen molar-refractivity contribution in [1.82, 2.24) is 10.2 Å². The molecule has 1 unspecified atom stereocenters. The Bertz CT molecular complexity index is 1400. The molecule has 0 radical (unpaired) electrons. The van der Waals surface area contributed by atoms with Gasteiger partial charge in [-0.2, -0.15) is 0 Å². The average Bonchev–Trinajstić information content (AvgIpc) is 2.92. The molecule has 6 bridgehead atoms. The topological polar surface area (TPSA) is 106 Å². The number of aliphatic imine (C=N–C) groups is 1. The molecule has 2 aromatic rings. The van der Waals surface area contributed by atoms with E-state index in [0.29, 0.717) is 43.1 Å². The number of hydrogen-bond donors (Lipinski definition) is 2. The molecule has 0 fully saturated rings. The summed E-state index contributed by atoms with van der Waals surface area (Å²) in [6, 6.07) is 11.4. The van der Waals surface area contributed by atoms with E-state index in [1.165, 1.54) is 5.56 Å². The highest BCUT2D eigenvalue weighted by molar-refractivity contribution is 6.00. The third-order valence-electron chi connectivity index (χ3n) is 9.32. The normalized spacial score (nSPS) is 29.2. The van der Waals surface area contributed by atoms with Crippen LogP contribution in [-0.4, -0.2) is 40.4 Å². The SMILES string of the molecule is CC[C@@]12CC(=O)N(C(N)=N1)[C@@H]1CCOc3ccc(cc31)C(=O)N[C@H]1CC(C)(C)Oc3ccc(cc31)CCCC(C)C2. The number of nitrogens with zero attached hydrogens (tertiary/aromatic N) is 2. The van der Waals surface area contributed by atoms with Gasteiger partial charge < -0.3 is 20.5 Å². The highest BCUT2D eigenvalue weighted by Gasteiger charge is 2.43. The number of rotatable bonds is 1. The second-order valence-corrected chi connectivity index (χ2v) is 13.1. The van der Waals surface area contributed by atoms with E-state index < -0.39 is 11.1 Å². The van der Waals surface area contributed by atoms with Crippen molar-refractivity contribution in [3.8, 4) is 11.5 Å². The third kappa shape index (κ3) is 5.29. The largest absolute Gasteiger partial charge is 0.493 e. The Morgan fingerprint density at radius 2 is 1.88 bits per heavy atom. The van der Waals surface area contributed by atoms with Gasteiger partial charge >= 0.3 is 0 Å². The Labute approximate surface area is 242 Å². The number of ether oxygens (including phenoxy) is 2. The van der Waals surface area contributed by atoms with Crippen LogP contribution in [0, 0.1) is 5.92 Å². The molecule has 0 spiro atoms. The van der Waals surface area contributed by atoms with Gasteiger partial charge in [-0.3, -0.25) is 14.5 Å². The number of aryl methyl sites for hydroxylation is 1. The quantitative estimate of drug-likeness (QED) is 0.474. The maximum atomic E-state index is 13.8. The van der Waals surface area contributed by atoms with Crippen LogP contribution in [0.4, 0.5) is 0 Å². The van der Waals surface area contributed by atoms with Crippen molar-refractivity contribution in [2.75, 3.05) is 6.61 Å². The molecular formula is C33H42N4O4. The van der Waals surface area contributed by atoms with Crippen LogP contribution < -0.4 is 20.5 Å². The molecule has 5 aliphatic rings. The number of nitrogens with two attached hydrogens (primary N) is 1. The molecule has 7 rings (SSSR count). The van der Waals surface area contributed by atoms with E-state index in [1.807, 2.05) is 12.1 Å². The highest BCUT2D eigenvalue weighted by atomic mass is 16.5. The van der Waals surface area contributed by atoms with Crippen molar-refractivity contribution in [3.05, 3.63) is 58.7 Å². The molecule has 0 saturated carbocycles. The van der Waals surface area contributed by atoms with Gasteiger partial charge in [0.25, 0.3) is 5.91 Å². The van der Waals surface area contributed by atoms with Crippen LogP contribution in [-0.2, 0) is 11.2 Å². The Morgan fingerprint density at radius 1 is 1.07 bits per heavy atom. The lowest BCUT2D eigenvalue weighted by molar-refractivity contribution is -0.132. The van der Waals surface area contributed by atoms with Crippen molar-refractivity contribution in [3.63, 3.8) is 0 Å². The fraction of sp³-hybridized carbons (Fsp3) is 0.545. The van der Waals surface area contributed by atoms with Crippen LogP contribution in [0.25, 0.3) is 0 Å². The van der Waals surface area contributed by atoms with E-state index in [9.17, 15) is 9.59 Å². The minimum atomic E-state index is -0.487. The summed E-state index contributed by atoms with van der Waals surface area (Å²) in [6.45, 7) is 8.94. The molecule has 0 aromatic heterocycles.